The molecule has 2 aromatic rings. The number of rotatable bonds is 4. The van der Waals surface area contributed by atoms with Crippen LogP contribution in [0.1, 0.15) is 23.3 Å². The zero-order chi connectivity index (χ0) is 17.8. The van der Waals surface area contributed by atoms with Gasteiger partial charge in [-0.15, -0.1) is 0 Å². The Labute approximate surface area is 149 Å². The molecule has 2 heterocycles. The van der Waals surface area contributed by atoms with Gasteiger partial charge in [-0.2, -0.15) is 0 Å². The van der Waals surface area contributed by atoms with E-state index in [2.05, 4.69) is 34.1 Å². The van der Waals surface area contributed by atoms with Gasteiger partial charge >= 0.3 is 0 Å². The van der Waals surface area contributed by atoms with Crippen molar-refractivity contribution < 1.29 is 4.79 Å². The molecule has 1 atom stereocenters. The molecule has 1 saturated heterocycles. The standard InChI is InChI=1S/C20H26N4O/c1-22(2)17-11-12-21-19(14-17)20(25)23(3)18-10-7-13-24(15-18)16-8-5-4-6-9-16/h4-6,8-9,11-12,14,18H,7,10,13,15H2,1-3H3/t18-/m0/s1. The third-order valence-electron chi connectivity index (χ3n) is 4.86. The second kappa shape index (κ2) is 7.55. The molecule has 1 fully saturated rings. The Kier molecular flexibility index (Phi) is 5.22. The number of para-hydroxylation sites is 1. The summed E-state index contributed by atoms with van der Waals surface area (Å²) in [5, 5.41) is 0. The van der Waals surface area contributed by atoms with E-state index in [-0.39, 0.29) is 11.9 Å². The zero-order valence-electron chi connectivity index (χ0n) is 15.2. The zero-order valence-corrected chi connectivity index (χ0v) is 15.2. The molecule has 0 bridgehead atoms. The van der Waals surface area contributed by atoms with E-state index >= 15 is 0 Å². The van der Waals surface area contributed by atoms with Gasteiger partial charge in [0.2, 0.25) is 0 Å². The van der Waals surface area contributed by atoms with Crippen molar-refractivity contribution in [1.82, 2.24) is 9.88 Å². The maximum Gasteiger partial charge on any atom is 0.272 e. The van der Waals surface area contributed by atoms with Gasteiger partial charge in [-0.1, -0.05) is 18.2 Å². The van der Waals surface area contributed by atoms with Gasteiger partial charge in [0.25, 0.3) is 5.91 Å². The predicted molar refractivity (Wildman–Crippen MR) is 102 cm³/mol. The van der Waals surface area contributed by atoms with Gasteiger partial charge in [0.15, 0.2) is 0 Å². The highest BCUT2D eigenvalue weighted by Gasteiger charge is 2.27. The number of benzene rings is 1. The smallest absolute Gasteiger partial charge is 0.272 e. The molecule has 5 nitrogen and oxygen atoms in total. The fourth-order valence-electron chi connectivity index (χ4n) is 3.31. The van der Waals surface area contributed by atoms with Gasteiger partial charge in [0, 0.05) is 57.8 Å². The first-order chi connectivity index (χ1) is 12.1. The molecule has 1 aromatic carbocycles. The molecule has 0 N–H and O–H groups in total. The third kappa shape index (κ3) is 3.92. The fourth-order valence-corrected chi connectivity index (χ4v) is 3.31. The number of carbonyl (C=O) groups is 1. The fraction of sp³-hybridized carbons (Fsp3) is 0.400. The van der Waals surface area contributed by atoms with Crippen molar-refractivity contribution in [3.05, 3.63) is 54.4 Å². The van der Waals surface area contributed by atoms with E-state index in [1.54, 1.807) is 6.20 Å². The minimum atomic E-state index is -0.0105. The first kappa shape index (κ1) is 17.3. The number of piperidine rings is 1. The number of hydrogen-bond acceptors (Lipinski definition) is 4. The summed E-state index contributed by atoms with van der Waals surface area (Å²) in [6.07, 6.45) is 3.81. The van der Waals surface area contributed by atoms with Crippen LogP contribution in [-0.4, -0.2) is 56.1 Å². The van der Waals surface area contributed by atoms with Gasteiger partial charge in [0.05, 0.1) is 0 Å². The van der Waals surface area contributed by atoms with Crippen LogP contribution in [0.15, 0.2) is 48.7 Å². The first-order valence-electron chi connectivity index (χ1n) is 8.77. The molecule has 25 heavy (non-hydrogen) atoms. The number of likely N-dealkylation sites (N-methyl/N-ethyl adjacent to an activating group) is 1. The number of pyridine rings is 1. The number of aromatic nitrogens is 1. The first-order valence-corrected chi connectivity index (χ1v) is 8.77. The molecule has 0 aliphatic carbocycles. The Morgan fingerprint density at radius 1 is 1.16 bits per heavy atom. The lowest BCUT2D eigenvalue weighted by molar-refractivity contribution is 0.0711. The van der Waals surface area contributed by atoms with Crippen molar-refractivity contribution in [1.29, 1.82) is 0 Å². The highest BCUT2D eigenvalue weighted by Crippen LogP contribution is 2.23. The minimum Gasteiger partial charge on any atom is -0.378 e. The second-order valence-electron chi connectivity index (χ2n) is 6.79. The van der Waals surface area contributed by atoms with Crippen LogP contribution < -0.4 is 9.80 Å². The summed E-state index contributed by atoms with van der Waals surface area (Å²) in [7, 11) is 5.82. The highest BCUT2D eigenvalue weighted by molar-refractivity contribution is 5.93. The molecule has 5 heteroatoms. The van der Waals surface area contributed by atoms with E-state index in [0.29, 0.717) is 5.69 Å². The number of amides is 1. The van der Waals surface area contributed by atoms with Crippen LogP contribution in [0, 0.1) is 0 Å². The maximum absolute atomic E-state index is 12.9. The number of hydrogen-bond donors (Lipinski definition) is 0. The molecule has 132 valence electrons. The minimum absolute atomic E-state index is 0.0105. The van der Waals surface area contributed by atoms with Crippen molar-refractivity contribution >= 4 is 17.3 Å². The lowest BCUT2D eigenvalue weighted by Gasteiger charge is -2.38. The molecule has 1 amide bonds. The molecular weight excluding hydrogens is 312 g/mol. The Hall–Kier alpha value is -2.56. The highest BCUT2D eigenvalue weighted by atomic mass is 16.2. The second-order valence-corrected chi connectivity index (χ2v) is 6.79. The Morgan fingerprint density at radius 3 is 2.64 bits per heavy atom. The van der Waals surface area contributed by atoms with Crippen LogP contribution >= 0.6 is 0 Å². The van der Waals surface area contributed by atoms with Crippen LogP contribution in [0.2, 0.25) is 0 Å². The molecule has 0 unspecified atom stereocenters. The summed E-state index contributed by atoms with van der Waals surface area (Å²) < 4.78 is 0. The van der Waals surface area contributed by atoms with Crippen molar-refractivity contribution in [2.45, 2.75) is 18.9 Å². The Morgan fingerprint density at radius 2 is 1.92 bits per heavy atom. The SMILES string of the molecule is CN(C)c1ccnc(C(=O)N(C)[C@H]2CCCN(c3ccccc3)C2)c1. The Bertz CT molecular complexity index is 717. The third-order valence-corrected chi connectivity index (χ3v) is 4.86. The normalized spacial score (nSPS) is 17.2. The molecule has 0 spiro atoms. The van der Waals surface area contributed by atoms with E-state index in [1.165, 1.54) is 5.69 Å². The molecule has 0 saturated carbocycles. The van der Waals surface area contributed by atoms with Crippen molar-refractivity contribution in [2.75, 3.05) is 44.0 Å². The largest absolute Gasteiger partial charge is 0.378 e. The van der Waals surface area contributed by atoms with Crippen LogP contribution in [-0.2, 0) is 0 Å². The average Bonchev–Trinajstić information content (AvgIpc) is 2.67. The van der Waals surface area contributed by atoms with E-state index < -0.39 is 0 Å². The topological polar surface area (TPSA) is 39.7 Å². The lowest BCUT2D eigenvalue weighted by atomic mass is 10.0. The van der Waals surface area contributed by atoms with Gasteiger partial charge in [0.1, 0.15) is 5.69 Å². The van der Waals surface area contributed by atoms with Crippen LogP contribution in [0.3, 0.4) is 0 Å². The summed E-state index contributed by atoms with van der Waals surface area (Å²) >= 11 is 0. The molecular formula is C20H26N4O. The monoisotopic (exact) mass is 338 g/mol. The summed E-state index contributed by atoms with van der Waals surface area (Å²) in [4.78, 5) is 23.4. The number of carbonyl (C=O) groups excluding carboxylic acids is 1. The van der Waals surface area contributed by atoms with Crippen molar-refractivity contribution in [3.8, 4) is 0 Å². The van der Waals surface area contributed by atoms with Gasteiger partial charge in [-0.3, -0.25) is 9.78 Å². The van der Waals surface area contributed by atoms with Gasteiger partial charge in [-0.05, 0) is 37.1 Å². The Balaban J connectivity index is 1.72. The van der Waals surface area contributed by atoms with Gasteiger partial charge in [-0.25, -0.2) is 0 Å². The molecule has 0 radical (unpaired) electrons. The molecule has 3 rings (SSSR count). The molecule has 1 aliphatic rings. The van der Waals surface area contributed by atoms with Gasteiger partial charge < -0.3 is 14.7 Å². The summed E-state index contributed by atoms with van der Waals surface area (Å²) in [6, 6.07) is 14.4. The summed E-state index contributed by atoms with van der Waals surface area (Å²) in [5.41, 5.74) is 2.72. The quantitative estimate of drug-likeness (QED) is 0.859. The van der Waals surface area contributed by atoms with Crippen molar-refractivity contribution in [3.63, 3.8) is 0 Å². The van der Waals surface area contributed by atoms with Crippen LogP contribution in [0.5, 0.6) is 0 Å². The van der Waals surface area contributed by atoms with E-state index in [1.807, 2.05) is 49.1 Å². The van der Waals surface area contributed by atoms with E-state index in [4.69, 9.17) is 0 Å². The molecule has 1 aromatic heterocycles. The predicted octanol–water partition coefficient (Wildman–Crippen LogP) is 2.89. The molecule has 1 aliphatic heterocycles. The van der Waals surface area contributed by atoms with Crippen molar-refractivity contribution in [2.24, 2.45) is 0 Å². The maximum atomic E-state index is 12.9. The number of nitrogens with zero attached hydrogens (tertiary/aromatic N) is 4. The lowest BCUT2D eigenvalue weighted by Crippen LogP contribution is -2.48. The van der Waals surface area contributed by atoms with Crippen LogP contribution in [0.4, 0.5) is 11.4 Å². The summed E-state index contributed by atoms with van der Waals surface area (Å²) in [6.45, 7) is 1.90. The summed E-state index contributed by atoms with van der Waals surface area (Å²) in [5.74, 6) is -0.0105. The van der Waals surface area contributed by atoms with Crippen LogP contribution in [0.25, 0.3) is 0 Å². The average molecular weight is 338 g/mol. The van der Waals surface area contributed by atoms with E-state index in [9.17, 15) is 4.79 Å². The number of anilines is 2. The van der Waals surface area contributed by atoms with E-state index in [0.717, 1.165) is 31.6 Å².